The summed E-state index contributed by atoms with van der Waals surface area (Å²) in [4.78, 5) is 26.4. The van der Waals surface area contributed by atoms with E-state index in [1.165, 1.54) is 7.11 Å². The lowest BCUT2D eigenvalue weighted by Crippen LogP contribution is -2.59. The van der Waals surface area contributed by atoms with Crippen LogP contribution in [0.3, 0.4) is 0 Å². The molecule has 4 nitrogen and oxygen atoms in total. The molecule has 1 aromatic carbocycles. The van der Waals surface area contributed by atoms with E-state index in [0.29, 0.717) is 6.42 Å². The Morgan fingerprint density at radius 3 is 2.76 bits per heavy atom. The number of methoxy groups -OCH3 is 1. The standard InChI is InChI=1S/C20H22BrNO3/c1-19(2)11-7-6-10-20(17(11)23,18(24)25-4)16-15(19)14-12(21)8-5-9-13(14)22(16)3/h5,8-9,11H,6-7,10H2,1-4H3/t11-,20+/m1/s1. The van der Waals surface area contributed by atoms with Crippen LogP contribution in [0.25, 0.3) is 10.9 Å². The van der Waals surface area contributed by atoms with E-state index in [9.17, 15) is 9.59 Å². The minimum absolute atomic E-state index is 0.0325. The molecule has 0 N–H and O–H groups in total. The second kappa shape index (κ2) is 5.19. The summed E-state index contributed by atoms with van der Waals surface area (Å²) in [6.07, 6.45) is 2.21. The van der Waals surface area contributed by atoms with Crippen LogP contribution in [-0.4, -0.2) is 23.4 Å². The Hall–Kier alpha value is -1.62. The molecule has 2 aliphatic carbocycles. The molecule has 0 aliphatic heterocycles. The molecule has 1 saturated carbocycles. The normalized spacial score (nSPS) is 27.2. The van der Waals surface area contributed by atoms with Crippen molar-refractivity contribution in [3.63, 3.8) is 0 Å². The molecule has 2 aromatic rings. The van der Waals surface area contributed by atoms with E-state index in [2.05, 4.69) is 29.8 Å². The Balaban J connectivity index is 2.23. The van der Waals surface area contributed by atoms with Crippen LogP contribution in [0.1, 0.15) is 44.4 Å². The van der Waals surface area contributed by atoms with Gasteiger partial charge in [-0.2, -0.15) is 0 Å². The van der Waals surface area contributed by atoms with E-state index in [1.54, 1.807) is 0 Å². The summed E-state index contributed by atoms with van der Waals surface area (Å²) in [5, 5.41) is 1.11. The summed E-state index contributed by atoms with van der Waals surface area (Å²) in [5.74, 6) is -0.545. The zero-order valence-corrected chi connectivity index (χ0v) is 16.6. The summed E-state index contributed by atoms with van der Waals surface area (Å²) >= 11 is 3.69. The van der Waals surface area contributed by atoms with Crippen molar-refractivity contribution in [2.45, 2.75) is 43.9 Å². The van der Waals surface area contributed by atoms with Crippen molar-refractivity contribution >= 4 is 38.6 Å². The molecule has 132 valence electrons. The van der Waals surface area contributed by atoms with E-state index in [-0.39, 0.29) is 17.1 Å². The molecule has 2 bridgehead atoms. The summed E-state index contributed by atoms with van der Waals surface area (Å²) in [6, 6.07) is 6.06. The first-order valence-electron chi connectivity index (χ1n) is 8.69. The second-order valence-corrected chi connectivity index (χ2v) is 8.70. The van der Waals surface area contributed by atoms with Crippen molar-refractivity contribution in [1.29, 1.82) is 0 Å². The fourth-order valence-corrected chi connectivity index (χ4v) is 5.82. The highest BCUT2D eigenvalue weighted by molar-refractivity contribution is 9.10. The van der Waals surface area contributed by atoms with Crippen LogP contribution in [0.5, 0.6) is 0 Å². The van der Waals surface area contributed by atoms with Crippen molar-refractivity contribution in [3.05, 3.63) is 33.9 Å². The van der Waals surface area contributed by atoms with Gasteiger partial charge in [-0.15, -0.1) is 0 Å². The molecule has 25 heavy (non-hydrogen) atoms. The van der Waals surface area contributed by atoms with Gasteiger partial charge in [0.05, 0.1) is 7.11 Å². The Labute approximate surface area is 155 Å². The first-order valence-corrected chi connectivity index (χ1v) is 9.48. The van der Waals surface area contributed by atoms with Crippen molar-refractivity contribution in [2.75, 3.05) is 7.11 Å². The predicted octanol–water partition coefficient (Wildman–Crippen LogP) is 4.01. The maximum Gasteiger partial charge on any atom is 0.325 e. The van der Waals surface area contributed by atoms with Crippen molar-refractivity contribution in [1.82, 2.24) is 4.57 Å². The molecule has 0 radical (unpaired) electrons. The van der Waals surface area contributed by atoms with Gasteiger partial charge in [-0.25, -0.2) is 0 Å². The minimum atomic E-state index is -1.17. The smallest absolute Gasteiger partial charge is 0.325 e. The number of fused-ring (bicyclic) bond motifs is 6. The quantitative estimate of drug-likeness (QED) is 0.533. The number of Topliss-reactive ketones (excluding diaryl/α,β-unsaturated/α-hetero) is 1. The highest BCUT2D eigenvalue weighted by atomic mass is 79.9. The zero-order valence-electron chi connectivity index (χ0n) is 15.0. The molecular weight excluding hydrogens is 382 g/mol. The number of ketones is 1. The lowest BCUT2D eigenvalue weighted by atomic mass is 9.52. The Morgan fingerprint density at radius 2 is 2.08 bits per heavy atom. The fraction of sp³-hybridized carbons (Fsp3) is 0.500. The topological polar surface area (TPSA) is 48.3 Å². The molecule has 0 unspecified atom stereocenters. The maximum absolute atomic E-state index is 13.5. The van der Waals surface area contributed by atoms with Crippen LogP contribution in [0, 0.1) is 5.92 Å². The monoisotopic (exact) mass is 403 g/mol. The SMILES string of the molecule is COC(=O)[C@]12CCC[C@H](C1=O)C(C)(C)c1c2n(C)c2cccc(Br)c12. The summed E-state index contributed by atoms with van der Waals surface area (Å²) in [5.41, 5.74) is 1.49. The number of carbonyl (C=O) groups is 2. The molecule has 2 aliphatic rings. The van der Waals surface area contributed by atoms with Gasteiger partial charge in [-0.3, -0.25) is 9.59 Å². The first kappa shape index (κ1) is 16.8. The highest BCUT2D eigenvalue weighted by Gasteiger charge is 2.63. The average Bonchev–Trinajstić information content (AvgIpc) is 2.89. The number of hydrogen-bond acceptors (Lipinski definition) is 3. The van der Waals surface area contributed by atoms with Gasteiger partial charge in [0.2, 0.25) is 0 Å². The van der Waals surface area contributed by atoms with Crippen LogP contribution in [-0.2, 0) is 32.2 Å². The van der Waals surface area contributed by atoms with Gasteiger partial charge in [0.1, 0.15) is 0 Å². The third kappa shape index (κ3) is 1.82. The van der Waals surface area contributed by atoms with Crippen molar-refractivity contribution < 1.29 is 14.3 Å². The van der Waals surface area contributed by atoms with E-state index < -0.39 is 11.4 Å². The summed E-state index contributed by atoms with van der Waals surface area (Å²) in [7, 11) is 3.34. The molecule has 1 heterocycles. The molecule has 0 amide bonds. The number of carbonyl (C=O) groups excluding carboxylic acids is 2. The van der Waals surface area contributed by atoms with Gasteiger partial charge in [-0.1, -0.05) is 42.3 Å². The predicted molar refractivity (Wildman–Crippen MR) is 99.7 cm³/mol. The highest BCUT2D eigenvalue weighted by Crippen LogP contribution is 2.57. The lowest BCUT2D eigenvalue weighted by Gasteiger charge is -2.49. The third-order valence-electron chi connectivity index (χ3n) is 6.41. The molecule has 0 saturated heterocycles. The van der Waals surface area contributed by atoms with Crippen LogP contribution >= 0.6 is 15.9 Å². The number of benzene rings is 1. The number of aryl methyl sites for hydroxylation is 1. The molecule has 0 spiro atoms. The van der Waals surface area contributed by atoms with E-state index in [0.717, 1.165) is 39.5 Å². The van der Waals surface area contributed by atoms with E-state index >= 15 is 0 Å². The van der Waals surface area contributed by atoms with E-state index in [1.807, 2.05) is 29.8 Å². The number of aromatic nitrogens is 1. The first-order chi connectivity index (χ1) is 11.8. The Morgan fingerprint density at radius 1 is 1.36 bits per heavy atom. The number of nitrogens with zero attached hydrogens (tertiary/aromatic N) is 1. The maximum atomic E-state index is 13.5. The van der Waals surface area contributed by atoms with Crippen LogP contribution in [0.4, 0.5) is 0 Å². The number of ether oxygens (including phenoxy) is 1. The van der Waals surface area contributed by atoms with Crippen LogP contribution in [0.2, 0.25) is 0 Å². The number of halogens is 1. The number of hydrogen-bond donors (Lipinski definition) is 0. The second-order valence-electron chi connectivity index (χ2n) is 7.84. The van der Waals surface area contributed by atoms with Crippen LogP contribution < -0.4 is 0 Å². The van der Waals surface area contributed by atoms with Gasteiger partial charge < -0.3 is 9.30 Å². The molecule has 4 rings (SSSR count). The van der Waals surface area contributed by atoms with Gasteiger partial charge in [0.15, 0.2) is 11.2 Å². The van der Waals surface area contributed by atoms with E-state index in [4.69, 9.17) is 4.74 Å². The van der Waals surface area contributed by atoms with Gasteiger partial charge in [0.25, 0.3) is 0 Å². The van der Waals surface area contributed by atoms with Gasteiger partial charge in [0, 0.05) is 39.5 Å². The molecular formula is C20H22BrNO3. The molecule has 5 heteroatoms. The van der Waals surface area contributed by atoms with Crippen molar-refractivity contribution in [2.24, 2.45) is 13.0 Å². The molecule has 1 fully saturated rings. The van der Waals surface area contributed by atoms with Gasteiger partial charge in [-0.05, 0) is 30.5 Å². The largest absolute Gasteiger partial charge is 0.468 e. The molecule has 2 atom stereocenters. The minimum Gasteiger partial charge on any atom is -0.468 e. The zero-order chi connectivity index (χ0) is 18.1. The number of esters is 1. The molecule has 1 aromatic heterocycles. The summed E-state index contributed by atoms with van der Waals surface area (Å²) in [6.45, 7) is 4.28. The van der Waals surface area contributed by atoms with Crippen LogP contribution in [0.15, 0.2) is 22.7 Å². The average molecular weight is 404 g/mol. The van der Waals surface area contributed by atoms with Crippen molar-refractivity contribution in [3.8, 4) is 0 Å². The lowest BCUT2D eigenvalue weighted by molar-refractivity contribution is -0.157. The third-order valence-corrected chi connectivity index (χ3v) is 7.07. The Kier molecular flexibility index (Phi) is 3.50. The van der Waals surface area contributed by atoms with Gasteiger partial charge >= 0.3 is 5.97 Å². The summed E-state index contributed by atoms with van der Waals surface area (Å²) < 4.78 is 8.20. The Bertz CT molecular complexity index is 927. The fourth-order valence-electron chi connectivity index (χ4n) is 5.27. The number of rotatable bonds is 1.